The summed E-state index contributed by atoms with van der Waals surface area (Å²) in [4.78, 5) is 10.3. The second kappa shape index (κ2) is 6.68. The first-order valence-electron chi connectivity index (χ1n) is 4.75. The number of nitrogens with zero attached hydrogens (tertiary/aromatic N) is 1. The maximum absolute atomic E-state index is 10.7. The Morgan fingerprint density at radius 1 is 1.56 bits per heavy atom. The molecule has 1 aromatic carbocycles. The van der Waals surface area contributed by atoms with Gasteiger partial charge in [0.25, 0.3) is 5.69 Å². The monoisotopic (exact) mass is 264 g/mol. The third-order valence-electron chi connectivity index (χ3n) is 2.19. The molecule has 2 N–H and O–H groups in total. The zero-order valence-electron chi connectivity index (χ0n) is 8.85. The van der Waals surface area contributed by atoms with Gasteiger partial charge in [0, 0.05) is 22.7 Å². The standard InChI is InChI=1S/C10H13ClN2O2.ClH/c1-2-3-9(12)8-6-7(11)4-5-10(8)13(14)15;/h4-6,9H,2-3,12H2,1H3;1H/t9-;/m0./s1. The van der Waals surface area contributed by atoms with E-state index in [-0.39, 0.29) is 24.1 Å². The third kappa shape index (κ3) is 3.63. The lowest BCUT2D eigenvalue weighted by molar-refractivity contribution is -0.385. The van der Waals surface area contributed by atoms with Crippen LogP contribution in [0.3, 0.4) is 0 Å². The lowest BCUT2D eigenvalue weighted by Crippen LogP contribution is -2.12. The quantitative estimate of drug-likeness (QED) is 0.669. The van der Waals surface area contributed by atoms with Gasteiger partial charge in [-0.25, -0.2) is 0 Å². The van der Waals surface area contributed by atoms with Crippen molar-refractivity contribution < 1.29 is 4.92 Å². The topological polar surface area (TPSA) is 69.2 Å². The molecule has 0 aliphatic rings. The number of nitro benzene ring substituents is 1. The molecule has 0 saturated heterocycles. The Balaban J connectivity index is 0.00000225. The van der Waals surface area contributed by atoms with E-state index in [1.54, 1.807) is 6.07 Å². The van der Waals surface area contributed by atoms with Crippen LogP contribution < -0.4 is 5.73 Å². The maximum atomic E-state index is 10.7. The molecule has 0 aliphatic heterocycles. The van der Waals surface area contributed by atoms with Crippen molar-refractivity contribution in [3.8, 4) is 0 Å². The zero-order chi connectivity index (χ0) is 11.4. The number of nitrogens with two attached hydrogens (primary N) is 1. The highest BCUT2D eigenvalue weighted by molar-refractivity contribution is 6.30. The van der Waals surface area contributed by atoms with E-state index in [0.29, 0.717) is 17.0 Å². The van der Waals surface area contributed by atoms with Crippen molar-refractivity contribution >= 4 is 29.7 Å². The Labute approximate surface area is 105 Å². The van der Waals surface area contributed by atoms with Crippen molar-refractivity contribution in [1.29, 1.82) is 0 Å². The van der Waals surface area contributed by atoms with Crippen LogP contribution in [0.2, 0.25) is 5.02 Å². The van der Waals surface area contributed by atoms with E-state index < -0.39 is 4.92 Å². The van der Waals surface area contributed by atoms with E-state index >= 15 is 0 Å². The van der Waals surface area contributed by atoms with E-state index in [1.807, 2.05) is 6.92 Å². The van der Waals surface area contributed by atoms with Gasteiger partial charge in [-0.05, 0) is 18.6 Å². The van der Waals surface area contributed by atoms with Gasteiger partial charge in [-0.1, -0.05) is 24.9 Å². The van der Waals surface area contributed by atoms with Crippen LogP contribution in [0.25, 0.3) is 0 Å². The Morgan fingerprint density at radius 2 is 2.19 bits per heavy atom. The van der Waals surface area contributed by atoms with Gasteiger partial charge in [0.2, 0.25) is 0 Å². The molecule has 1 rings (SSSR count). The highest BCUT2D eigenvalue weighted by Gasteiger charge is 2.18. The Bertz CT molecular complexity index is 372. The summed E-state index contributed by atoms with van der Waals surface area (Å²) in [5, 5.41) is 11.2. The molecule has 0 aliphatic carbocycles. The summed E-state index contributed by atoms with van der Waals surface area (Å²) in [6.07, 6.45) is 1.59. The molecule has 0 amide bonds. The van der Waals surface area contributed by atoms with Gasteiger partial charge in [-0.2, -0.15) is 0 Å². The molecule has 0 unspecified atom stereocenters. The van der Waals surface area contributed by atoms with Gasteiger partial charge in [0.1, 0.15) is 0 Å². The lowest BCUT2D eigenvalue weighted by atomic mass is 10.0. The summed E-state index contributed by atoms with van der Waals surface area (Å²) in [6.45, 7) is 1.98. The Morgan fingerprint density at radius 3 is 2.69 bits per heavy atom. The van der Waals surface area contributed by atoms with Crippen molar-refractivity contribution in [3.05, 3.63) is 38.9 Å². The van der Waals surface area contributed by atoms with E-state index in [9.17, 15) is 10.1 Å². The van der Waals surface area contributed by atoms with Gasteiger partial charge in [-0.15, -0.1) is 12.4 Å². The molecule has 0 spiro atoms. The van der Waals surface area contributed by atoms with Crippen LogP contribution >= 0.6 is 24.0 Å². The van der Waals surface area contributed by atoms with Crippen molar-refractivity contribution in [1.82, 2.24) is 0 Å². The van der Waals surface area contributed by atoms with E-state index in [1.165, 1.54) is 12.1 Å². The van der Waals surface area contributed by atoms with E-state index in [4.69, 9.17) is 17.3 Å². The lowest BCUT2D eigenvalue weighted by Gasteiger charge is -2.11. The number of halogens is 2. The fraction of sp³-hybridized carbons (Fsp3) is 0.400. The molecule has 90 valence electrons. The predicted octanol–water partition coefficient (Wildman–Crippen LogP) is 3.47. The summed E-state index contributed by atoms with van der Waals surface area (Å²) in [5.74, 6) is 0. The van der Waals surface area contributed by atoms with Crippen LogP contribution in [0.1, 0.15) is 31.4 Å². The normalized spacial score (nSPS) is 11.7. The number of hydrogen-bond acceptors (Lipinski definition) is 3. The average molecular weight is 265 g/mol. The van der Waals surface area contributed by atoms with Crippen molar-refractivity contribution in [2.45, 2.75) is 25.8 Å². The minimum atomic E-state index is -0.429. The van der Waals surface area contributed by atoms with Crippen molar-refractivity contribution in [3.63, 3.8) is 0 Å². The third-order valence-corrected chi connectivity index (χ3v) is 2.42. The fourth-order valence-electron chi connectivity index (χ4n) is 1.46. The van der Waals surface area contributed by atoms with Crippen LogP contribution in [0.5, 0.6) is 0 Å². The number of rotatable bonds is 4. The molecular weight excluding hydrogens is 251 g/mol. The van der Waals surface area contributed by atoms with E-state index in [0.717, 1.165) is 6.42 Å². The van der Waals surface area contributed by atoms with Gasteiger partial charge in [0.05, 0.1) is 4.92 Å². The van der Waals surface area contributed by atoms with E-state index in [2.05, 4.69) is 0 Å². The summed E-state index contributed by atoms with van der Waals surface area (Å²) in [5.41, 5.74) is 6.40. The Kier molecular flexibility index (Phi) is 6.33. The minimum Gasteiger partial charge on any atom is -0.324 e. The van der Waals surface area contributed by atoms with Gasteiger partial charge < -0.3 is 5.73 Å². The molecule has 0 saturated carbocycles. The molecule has 0 heterocycles. The smallest absolute Gasteiger partial charge is 0.274 e. The van der Waals surface area contributed by atoms with Crippen LogP contribution in [0.4, 0.5) is 5.69 Å². The second-order valence-corrected chi connectivity index (χ2v) is 3.79. The largest absolute Gasteiger partial charge is 0.324 e. The molecule has 1 atom stereocenters. The van der Waals surface area contributed by atoms with Gasteiger partial charge in [0.15, 0.2) is 0 Å². The number of benzene rings is 1. The first kappa shape index (κ1) is 15.2. The molecule has 0 aromatic heterocycles. The first-order chi connectivity index (χ1) is 7.06. The molecule has 0 bridgehead atoms. The van der Waals surface area contributed by atoms with Gasteiger partial charge in [-0.3, -0.25) is 10.1 Å². The van der Waals surface area contributed by atoms with Crippen molar-refractivity contribution in [2.75, 3.05) is 0 Å². The first-order valence-corrected chi connectivity index (χ1v) is 5.13. The summed E-state index contributed by atoms with van der Waals surface area (Å²) in [7, 11) is 0. The fourth-order valence-corrected chi connectivity index (χ4v) is 1.64. The molecule has 16 heavy (non-hydrogen) atoms. The molecule has 0 radical (unpaired) electrons. The maximum Gasteiger partial charge on any atom is 0.274 e. The summed E-state index contributed by atoms with van der Waals surface area (Å²) in [6, 6.07) is 4.14. The SMILES string of the molecule is CCC[C@H](N)c1cc(Cl)ccc1[N+](=O)[O-].Cl. The number of hydrogen-bond donors (Lipinski definition) is 1. The molecule has 6 heteroatoms. The second-order valence-electron chi connectivity index (χ2n) is 3.36. The van der Waals surface area contributed by atoms with Crippen LogP contribution in [-0.4, -0.2) is 4.92 Å². The van der Waals surface area contributed by atoms with Crippen LogP contribution in [-0.2, 0) is 0 Å². The number of nitro groups is 1. The summed E-state index contributed by atoms with van der Waals surface area (Å²) < 4.78 is 0. The molecule has 1 aromatic rings. The van der Waals surface area contributed by atoms with Crippen molar-refractivity contribution in [2.24, 2.45) is 5.73 Å². The molecular formula is C10H14Cl2N2O2. The van der Waals surface area contributed by atoms with Gasteiger partial charge >= 0.3 is 0 Å². The van der Waals surface area contributed by atoms with Crippen LogP contribution in [0, 0.1) is 10.1 Å². The summed E-state index contributed by atoms with van der Waals surface area (Å²) >= 11 is 5.79. The molecule has 4 nitrogen and oxygen atoms in total. The zero-order valence-corrected chi connectivity index (χ0v) is 10.4. The Hall–Kier alpha value is -0.840. The predicted molar refractivity (Wildman–Crippen MR) is 67.2 cm³/mol. The molecule has 0 fully saturated rings. The highest BCUT2D eigenvalue weighted by atomic mass is 35.5. The minimum absolute atomic E-state index is 0. The van der Waals surface area contributed by atoms with Crippen LogP contribution in [0.15, 0.2) is 18.2 Å². The highest BCUT2D eigenvalue weighted by Crippen LogP contribution is 2.29. The average Bonchev–Trinajstić information content (AvgIpc) is 2.17.